The molecule has 1 aromatic rings. The van der Waals surface area contributed by atoms with Gasteiger partial charge in [-0.25, -0.2) is 0 Å². The lowest BCUT2D eigenvalue weighted by molar-refractivity contribution is -0.137. The van der Waals surface area contributed by atoms with Crippen LogP contribution in [-0.2, 0) is 14.3 Å². The number of para-hydroxylation sites is 1. The molecule has 1 fully saturated rings. The monoisotopic (exact) mass is 361 g/mol. The molecule has 2 aliphatic heterocycles. The SMILES string of the molecule is CC1=C(C(=O)N2CCC[C@@](CO)(CCOc3ccccc3)C2)OCCO1. The fraction of sp³-hybridized carbons (Fsp3) is 0.550. The van der Waals surface area contributed by atoms with E-state index in [0.29, 0.717) is 50.8 Å². The second-order valence-corrected chi connectivity index (χ2v) is 6.98. The Morgan fingerprint density at radius 3 is 2.77 bits per heavy atom. The molecule has 2 aliphatic rings. The lowest BCUT2D eigenvalue weighted by atomic mass is 9.78. The highest BCUT2D eigenvalue weighted by atomic mass is 16.6. The number of nitrogens with zero attached hydrogens (tertiary/aromatic N) is 1. The quantitative estimate of drug-likeness (QED) is 0.842. The average Bonchev–Trinajstić information content (AvgIpc) is 2.69. The van der Waals surface area contributed by atoms with E-state index in [1.165, 1.54) is 0 Å². The van der Waals surface area contributed by atoms with E-state index >= 15 is 0 Å². The molecule has 0 aliphatic carbocycles. The van der Waals surface area contributed by atoms with Crippen molar-refractivity contribution in [3.8, 4) is 5.75 Å². The third kappa shape index (κ3) is 4.30. The molecule has 26 heavy (non-hydrogen) atoms. The first-order chi connectivity index (χ1) is 12.6. The van der Waals surface area contributed by atoms with Gasteiger partial charge in [-0.1, -0.05) is 18.2 Å². The first kappa shape index (κ1) is 18.6. The van der Waals surface area contributed by atoms with Gasteiger partial charge in [0.25, 0.3) is 5.91 Å². The zero-order chi connectivity index (χ0) is 18.4. The lowest BCUT2D eigenvalue weighted by Crippen LogP contribution is -2.49. The molecule has 1 saturated heterocycles. The van der Waals surface area contributed by atoms with Crippen molar-refractivity contribution < 1.29 is 24.1 Å². The maximum absolute atomic E-state index is 12.8. The molecule has 1 aromatic carbocycles. The Morgan fingerprint density at radius 2 is 2.04 bits per heavy atom. The predicted molar refractivity (Wildman–Crippen MR) is 96.5 cm³/mol. The molecule has 2 heterocycles. The molecule has 0 radical (unpaired) electrons. The molecular weight excluding hydrogens is 334 g/mol. The standard InChI is InChI=1S/C20H27NO5/c1-16-18(26-13-12-24-16)19(23)21-10-5-8-20(14-21,15-22)9-11-25-17-6-3-2-4-7-17/h2-4,6-7,22H,5,8-15H2,1H3/t20-/m1/s1. The minimum Gasteiger partial charge on any atom is -0.494 e. The maximum Gasteiger partial charge on any atom is 0.292 e. The van der Waals surface area contributed by atoms with Crippen molar-refractivity contribution in [1.82, 2.24) is 4.90 Å². The number of amides is 1. The Hall–Kier alpha value is -2.21. The van der Waals surface area contributed by atoms with Crippen LogP contribution in [0.3, 0.4) is 0 Å². The van der Waals surface area contributed by atoms with Crippen LogP contribution >= 0.6 is 0 Å². The van der Waals surface area contributed by atoms with Gasteiger partial charge >= 0.3 is 0 Å². The number of allylic oxidation sites excluding steroid dienone is 1. The molecule has 0 spiro atoms. The van der Waals surface area contributed by atoms with Crippen LogP contribution in [0.25, 0.3) is 0 Å². The summed E-state index contributed by atoms with van der Waals surface area (Å²) in [6.45, 7) is 4.32. The predicted octanol–water partition coefficient (Wildman–Crippen LogP) is 2.33. The second-order valence-electron chi connectivity index (χ2n) is 6.98. The van der Waals surface area contributed by atoms with Gasteiger partial charge in [0.2, 0.25) is 5.76 Å². The van der Waals surface area contributed by atoms with E-state index in [4.69, 9.17) is 14.2 Å². The number of benzene rings is 1. The van der Waals surface area contributed by atoms with Crippen molar-refractivity contribution in [2.75, 3.05) is 39.5 Å². The summed E-state index contributed by atoms with van der Waals surface area (Å²) in [6.07, 6.45) is 2.42. The van der Waals surface area contributed by atoms with Gasteiger partial charge in [-0.3, -0.25) is 4.79 Å². The number of aliphatic hydroxyl groups excluding tert-OH is 1. The Bertz CT molecular complexity index is 645. The van der Waals surface area contributed by atoms with Gasteiger partial charge in [0.05, 0.1) is 13.2 Å². The van der Waals surface area contributed by atoms with Crippen molar-refractivity contribution in [1.29, 1.82) is 0 Å². The molecule has 1 N–H and O–H groups in total. The van der Waals surface area contributed by atoms with Crippen LogP contribution in [0.5, 0.6) is 5.75 Å². The Morgan fingerprint density at radius 1 is 1.27 bits per heavy atom. The molecule has 0 bridgehead atoms. The normalized spacial score (nSPS) is 23.2. The van der Waals surface area contributed by atoms with Crippen LogP contribution in [0.4, 0.5) is 0 Å². The number of aliphatic hydroxyl groups is 1. The fourth-order valence-corrected chi connectivity index (χ4v) is 3.56. The van der Waals surface area contributed by atoms with Gasteiger partial charge in [-0.15, -0.1) is 0 Å². The van der Waals surface area contributed by atoms with Crippen molar-refractivity contribution in [3.05, 3.63) is 41.9 Å². The van der Waals surface area contributed by atoms with Crippen LogP contribution in [0.1, 0.15) is 26.2 Å². The van der Waals surface area contributed by atoms with Crippen LogP contribution < -0.4 is 4.74 Å². The van der Waals surface area contributed by atoms with Gasteiger partial charge in [0.1, 0.15) is 24.7 Å². The van der Waals surface area contributed by atoms with E-state index in [-0.39, 0.29) is 17.9 Å². The topological polar surface area (TPSA) is 68.2 Å². The summed E-state index contributed by atoms with van der Waals surface area (Å²) < 4.78 is 16.8. The smallest absolute Gasteiger partial charge is 0.292 e. The first-order valence-electron chi connectivity index (χ1n) is 9.18. The molecule has 0 aromatic heterocycles. The number of carbonyl (C=O) groups is 1. The summed E-state index contributed by atoms with van der Waals surface area (Å²) in [5.41, 5.74) is -0.341. The summed E-state index contributed by atoms with van der Waals surface area (Å²) in [5.74, 6) is 1.50. The molecule has 0 saturated carbocycles. The van der Waals surface area contributed by atoms with Crippen molar-refractivity contribution in [3.63, 3.8) is 0 Å². The van der Waals surface area contributed by atoms with Gasteiger partial charge in [-0.2, -0.15) is 0 Å². The van der Waals surface area contributed by atoms with E-state index in [9.17, 15) is 9.90 Å². The van der Waals surface area contributed by atoms with Gasteiger partial charge in [0.15, 0.2) is 0 Å². The number of carbonyl (C=O) groups excluding carboxylic acids is 1. The van der Waals surface area contributed by atoms with Crippen LogP contribution in [0.15, 0.2) is 41.9 Å². The second kappa shape index (κ2) is 8.45. The highest BCUT2D eigenvalue weighted by molar-refractivity contribution is 5.92. The van der Waals surface area contributed by atoms with Gasteiger partial charge < -0.3 is 24.2 Å². The molecule has 1 amide bonds. The van der Waals surface area contributed by atoms with Crippen molar-refractivity contribution in [2.45, 2.75) is 26.2 Å². The maximum atomic E-state index is 12.8. The highest BCUT2D eigenvalue weighted by Gasteiger charge is 2.38. The Balaban J connectivity index is 1.61. The van der Waals surface area contributed by atoms with E-state index in [2.05, 4.69) is 0 Å². The van der Waals surface area contributed by atoms with E-state index in [0.717, 1.165) is 18.6 Å². The number of likely N-dealkylation sites (tertiary alicyclic amines) is 1. The molecule has 6 heteroatoms. The third-order valence-electron chi connectivity index (χ3n) is 5.09. The molecule has 6 nitrogen and oxygen atoms in total. The minimum atomic E-state index is -0.341. The summed E-state index contributed by atoms with van der Waals surface area (Å²) >= 11 is 0. The number of hydrogen-bond donors (Lipinski definition) is 1. The summed E-state index contributed by atoms with van der Waals surface area (Å²) in [7, 11) is 0. The number of piperidine rings is 1. The van der Waals surface area contributed by atoms with E-state index in [1.54, 1.807) is 11.8 Å². The molecular formula is C20H27NO5. The average molecular weight is 361 g/mol. The van der Waals surface area contributed by atoms with Crippen LogP contribution in [0.2, 0.25) is 0 Å². The summed E-state index contributed by atoms with van der Waals surface area (Å²) in [6, 6.07) is 9.64. The Kier molecular flexibility index (Phi) is 6.04. The third-order valence-corrected chi connectivity index (χ3v) is 5.09. The van der Waals surface area contributed by atoms with E-state index in [1.807, 2.05) is 30.3 Å². The lowest BCUT2D eigenvalue weighted by Gasteiger charge is -2.42. The molecule has 0 unspecified atom stereocenters. The van der Waals surface area contributed by atoms with Crippen molar-refractivity contribution >= 4 is 5.91 Å². The fourth-order valence-electron chi connectivity index (χ4n) is 3.56. The highest BCUT2D eigenvalue weighted by Crippen LogP contribution is 2.34. The molecule has 142 valence electrons. The van der Waals surface area contributed by atoms with Crippen molar-refractivity contribution in [2.24, 2.45) is 5.41 Å². The largest absolute Gasteiger partial charge is 0.494 e. The first-order valence-corrected chi connectivity index (χ1v) is 9.18. The Labute approximate surface area is 154 Å². The van der Waals surface area contributed by atoms with Crippen LogP contribution in [0, 0.1) is 5.41 Å². The number of hydrogen-bond acceptors (Lipinski definition) is 5. The molecule has 1 atom stereocenters. The summed E-state index contributed by atoms with van der Waals surface area (Å²) in [4.78, 5) is 14.6. The van der Waals surface area contributed by atoms with Crippen LogP contribution in [-0.4, -0.2) is 55.4 Å². The zero-order valence-corrected chi connectivity index (χ0v) is 15.3. The zero-order valence-electron chi connectivity index (χ0n) is 15.3. The summed E-state index contributed by atoms with van der Waals surface area (Å²) in [5, 5.41) is 10.0. The molecule has 3 rings (SSSR count). The number of rotatable bonds is 6. The van der Waals surface area contributed by atoms with Gasteiger partial charge in [0, 0.05) is 18.5 Å². The number of ether oxygens (including phenoxy) is 3. The van der Waals surface area contributed by atoms with E-state index < -0.39 is 0 Å². The minimum absolute atomic E-state index is 0.0321. The van der Waals surface area contributed by atoms with Gasteiger partial charge in [-0.05, 0) is 38.3 Å².